The number of pyridine rings is 1. The Hall–Kier alpha value is -2.09. The minimum Gasteiger partial charge on any atom is -0.367 e. The third kappa shape index (κ3) is 4.06. The van der Waals surface area contributed by atoms with E-state index in [2.05, 4.69) is 35.5 Å². The Bertz CT molecular complexity index is 463. The molecule has 0 bridgehead atoms. The van der Waals surface area contributed by atoms with Gasteiger partial charge in [0.05, 0.1) is 5.56 Å². The molecule has 1 aromatic heterocycles. The zero-order valence-electron chi connectivity index (χ0n) is 10.9. The fraction of sp³-hybridized carbons (Fsp3) is 0.462. The fourth-order valence-electron chi connectivity index (χ4n) is 1.44. The van der Waals surface area contributed by atoms with Gasteiger partial charge < -0.3 is 10.6 Å². The Kier molecular flexibility index (Phi) is 5.12. The first-order valence-corrected chi connectivity index (χ1v) is 5.94. The Morgan fingerprint density at radius 2 is 2.17 bits per heavy atom. The number of nitrogens with zero attached hydrogens (tertiary/aromatic N) is 2. The molecule has 0 saturated carbocycles. The highest BCUT2D eigenvalue weighted by molar-refractivity contribution is 5.72. The van der Waals surface area contributed by atoms with Crippen molar-refractivity contribution in [1.29, 1.82) is 5.26 Å². The second-order valence-electron chi connectivity index (χ2n) is 4.31. The second kappa shape index (κ2) is 6.60. The first kappa shape index (κ1) is 14.0. The van der Waals surface area contributed by atoms with Crippen LogP contribution in [0.1, 0.15) is 37.9 Å². The van der Waals surface area contributed by atoms with E-state index in [0.29, 0.717) is 30.4 Å². The number of nitriles is 1. The molecule has 0 aromatic carbocycles. The highest BCUT2D eigenvalue weighted by atomic mass is 16.1. The first-order valence-electron chi connectivity index (χ1n) is 5.94. The van der Waals surface area contributed by atoms with Crippen molar-refractivity contribution in [3.05, 3.63) is 23.4 Å². The van der Waals surface area contributed by atoms with Gasteiger partial charge >= 0.3 is 0 Å². The van der Waals surface area contributed by atoms with Gasteiger partial charge in [0.15, 0.2) is 0 Å². The lowest BCUT2D eigenvalue weighted by Gasteiger charge is -2.11. The van der Waals surface area contributed by atoms with Gasteiger partial charge in [-0.25, -0.2) is 4.98 Å². The number of amides is 1. The molecule has 96 valence electrons. The average molecular weight is 246 g/mol. The van der Waals surface area contributed by atoms with Crippen molar-refractivity contribution in [2.75, 3.05) is 18.4 Å². The van der Waals surface area contributed by atoms with Gasteiger partial charge in [-0.05, 0) is 18.1 Å². The molecule has 0 atom stereocenters. The van der Waals surface area contributed by atoms with E-state index < -0.39 is 0 Å². The molecule has 0 saturated heterocycles. The summed E-state index contributed by atoms with van der Waals surface area (Å²) in [5.74, 6) is 0.823. The van der Waals surface area contributed by atoms with Crippen LogP contribution in [0, 0.1) is 11.3 Å². The van der Waals surface area contributed by atoms with E-state index in [1.165, 1.54) is 6.92 Å². The third-order valence-electron chi connectivity index (χ3n) is 2.42. The standard InChI is InChI=1S/C13H18N4O/c1-9(2)12-5-4-11(8-14)13(17-12)16-7-6-15-10(3)18/h4-5,9H,6-7H2,1-3H3,(H,15,18)(H,16,17). The van der Waals surface area contributed by atoms with E-state index in [4.69, 9.17) is 5.26 Å². The van der Waals surface area contributed by atoms with Crippen LogP contribution in [0.4, 0.5) is 5.82 Å². The van der Waals surface area contributed by atoms with Crippen LogP contribution in [0.2, 0.25) is 0 Å². The summed E-state index contributed by atoms with van der Waals surface area (Å²) < 4.78 is 0. The van der Waals surface area contributed by atoms with Crippen LogP contribution >= 0.6 is 0 Å². The number of rotatable bonds is 5. The summed E-state index contributed by atoms with van der Waals surface area (Å²) in [5.41, 5.74) is 1.46. The minimum absolute atomic E-state index is 0.0683. The minimum atomic E-state index is -0.0683. The third-order valence-corrected chi connectivity index (χ3v) is 2.42. The largest absolute Gasteiger partial charge is 0.367 e. The van der Waals surface area contributed by atoms with Crippen LogP contribution in [0.25, 0.3) is 0 Å². The molecule has 0 spiro atoms. The predicted octanol–water partition coefficient (Wildman–Crippen LogP) is 1.62. The monoisotopic (exact) mass is 246 g/mol. The predicted molar refractivity (Wildman–Crippen MR) is 70.2 cm³/mol. The van der Waals surface area contributed by atoms with Crippen molar-refractivity contribution in [3.63, 3.8) is 0 Å². The van der Waals surface area contributed by atoms with Crippen LogP contribution < -0.4 is 10.6 Å². The van der Waals surface area contributed by atoms with E-state index in [0.717, 1.165) is 5.69 Å². The van der Waals surface area contributed by atoms with Gasteiger partial charge in [0.2, 0.25) is 5.91 Å². The van der Waals surface area contributed by atoms with Gasteiger partial charge in [-0.15, -0.1) is 0 Å². The molecule has 2 N–H and O–H groups in total. The topological polar surface area (TPSA) is 77.8 Å². The molecular weight excluding hydrogens is 228 g/mol. The molecule has 1 heterocycles. The number of hydrogen-bond acceptors (Lipinski definition) is 4. The normalized spacial score (nSPS) is 9.94. The maximum Gasteiger partial charge on any atom is 0.216 e. The molecule has 1 aromatic rings. The first-order chi connectivity index (χ1) is 8.54. The van der Waals surface area contributed by atoms with Gasteiger partial charge in [0, 0.05) is 25.7 Å². The van der Waals surface area contributed by atoms with Gasteiger partial charge in [0.1, 0.15) is 11.9 Å². The number of anilines is 1. The lowest BCUT2D eigenvalue weighted by Crippen LogP contribution is -2.26. The molecule has 0 radical (unpaired) electrons. The van der Waals surface area contributed by atoms with Gasteiger partial charge in [0.25, 0.3) is 0 Å². The Balaban J connectivity index is 2.70. The maximum atomic E-state index is 10.7. The van der Waals surface area contributed by atoms with Crippen LogP contribution in [-0.2, 0) is 4.79 Å². The molecule has 0 aliphatic carbocycles. The van der Waals surface area contributed by atoms with Crippen molar-refractivity contribution < 1.29 is 4.79 Å². The smallest absolute Gasteiger partial charge is 0.216 e. The number of aromatic nitrogens is 1. The van der Waals surface area contributed by atoms with E-state index in [1.807, 2.05) is 6.07 Å². The Labute approximate surface area is 107 Å². The van der Waals surface area contributed by atoms with Gasteiger partial charge in [-0.3, -0.25) is 4.79 Å². The molecule has 1 rings (SSSR count). The quantitative estimate of drug-likeness (QED) is 0.774. The lowest BCUT2D eigenvalue weighted by atomic mass is 10.1. The highest BCUT2D eigenvalue weighted by Crippen LogP contribution is 2.17. The summed E-state index contributed by atoms with van der Waals surface area (Å²) in [5, 5.41) is 14.7. The molecular formula is C13H18N4O. The van der Waals surface area contributed by atoms with Crippen molar-refractivity contribution in [2.45, 2.75) is 26.7 Å². The Morgan fingerprint density at radius 3 is 2.72 bits per heavy atom. The van der Waals surface area contributed by atoms with Crippen molar-refractivity contribution >= 4 is 11.7 Å². The summed E-state index contributed by atoms with van der Waals surface area (Å²) in [6.45, 7) is 6.62. The highest BCUT2D eigenvalue weighted by Gasteiger charge is 2.07. The zero-order chi connectivity index (χ0) is 13.5. The number of hydrogen-bond donors (Lipinski definition) is 2. The SMILES string of the molecule is CC(=O)NCCNc1nc(C(C)C)ccc1C#N. The fourth-order valence-corrected chi connectivity index (χ4v) is 1.44. The molecule has 0 unspecified atom stereocenters. The molecule has 5 heteroatoms. The zero-order valence-corrected chi connectivity index (χ0v) is 10.9. The van der Waals surface area contributed by atoms with Crippen molar-refractivity contribution in [3.8, 4) is 6.07 Å². The van der Waals surface area contributed by atoms with E-state index in [1.54, 1.807) is 6.07 Å². The molecule has 1 amide bonds. The molecule has 0 aliphatic heterocycles. The van der Waals surface area contributed by atoms with E-state index >= 15 is 0 Å². The molecule has 18 heavy (non-hydrogen) atoms. The summed E-state index contributed by atoms with van der Waals surface area (Å²) in [6.07, 6.45) is 0. The number of carbonyl (C=O) groups is 1. The van der Waals surface area contributed by atoms with Crippen molar-refractivity contribution in [1.82, 2.24) is 10.3 Å². The molecule has 0 aliphatic rings. The lowest BCUT2D eigenvalue weighted by molar-refractivity contribution is -0.118. The summed E-state index contributed by atoms with van der Waals surface area (Å²) in [4.78, 5) is 15.1. The second-order valence-corrected chi connectivity index (χ2v) is 4.31. The number of carbonyl (C=O) groups excluding carboxylic acids is 1. The number of nitrogens with one attached hydrogen (secondary N) is 2. The van der Waals surface area contributed by atoms with Crippen LogP contribution in [0.15, 0.2) is 12.1 Å². The molecule has 0 fully saturated rings. The van der Waals surface area contributed by atoms with Crippen LogP contribution in [0.5, 0.6) is 0 Å². The molecule has 5 nitrogen and oxygen atoms in total. The van der Waals surface area contributed by atoms with Gasteiger partial charge in [-0.2, -0.15) is 5.26 Å². The summed E-state index contributed by atoms with van der Waals surface area (Å²) >= 11 is 0. The van der Waals surface area contributed by atoms with Crippen molar-refractivity contribution in [2.24, 2.45) is 0 Å². The van der Waals surface area contributed by atoms with E-state index in [-0.39, 0.29) is 5.91 Å². The summed E-state index contributed by atoms with van der Waals surface area (Å²) in [6, 6.07) is 5.73. The van der Waals surface area contributed by atoms with Crippen LogP contribution in [-0.4, -0.2) is 24.0 Å². The Morgan fingerprint density at radius 1 is 1.44 bits per heavy atom. The summed E-state index contributed by atoms with van der Waals surface area (Å²) in [7, 11) is 0. The average Bonchev–Trinajstić information content (AvgIpc) is 2.34. The van der Waals surface area contributed by atoms with Crippen LogP contribution in [0.3, 0.4) is 0 Å². The maximum absolute atomic E-state index is 10.7. The van der Waals surface area contributed by atoms with E-state index in [9.17, 15) is 4.79 Å². The van der Waals surface area contributed by atoms with Gasteiger partial charge in [-0.1, -0.05) is 13.8 Å².